The summed E-state index contributed by atoms with van der Waals surface area (Å²) in [6.07, 6.45) is -2.53. The van der Waals surface area contributed by atoms with Gasteiger partial charge in [0.1, 0.15) is 5.82 Å². The lowest BCUT2D eigenvalue weighted by molar-refractivity contribution is -0.137. The molecule has 0 saturated carbocycles. The van der Waals surface area contributed by atoms with Crippen LogP contribution in [0.2, 0.25) is 0 Å². The van der Waals surface area contributed by atoms with Crippen LogP contribution in [0.3, 0.4) is 0 Å². The Labute approximate surface area is 191 Å². The molecule has 0 radical (unpaired) electrons. The highest BCUT2D eigenvalue weighted by atomic mass is 19.4. The van der Waals surface area contributed by atoms with Crippen molar-refractivity contribution in [3.8, 4) is 5.69 Å². The summed E-state index contributed by atoms with van der Waals surface area (Å²) in [7, 11) is 0. The van der Waals surface area contributed by atoms with Crippen molar-refractivity contribution in [2.75, 3.05) is 0 Å². The summed E-state index contributed by atoms with van der Waals surface area (Å²) in [5.41, 5.74) is -1.08. The quantitative estimate of drug-likeness (QED) is 0.384. The summed E-state index contributed by atoms with van der Waals surface area (Å²) in [5, 5.41) is 0. The van der Waals surface area contributed by atoms with Crippen molar-refractivity contribution in [1.82, 2.24) is 18.7 Å². The van der Waals surface area contributed by atoms with E-state index in [0.29, 0.717) is 12.0 Å². The third-order valence-electron chi connectivity index (χ3n) is 5.53. The largest absolute Gasteiger partial charge is 0.416 e. The number of aromatic nitrogens is 4. The highest BCUT2D eigenvalue weighted by Gasteiger charge is 2.30. The Hall–Kier alpha value is -3.69. The zero-order valence-corrected chi connectivity index (χ0v) is 18.5. The van der Waals surface area contributed by atoms with E-state index in [-0.39, 0.29) is 35.9 Å². The Kier molecular flexibility index (Phi) is 6.16. The first-order chi connectivity index (χ1) is 16.1. The van der Waals surface area contributed by atoms with Crippen LogP contribution in [-0.2, 0) is 19.3 Å². The van der Waals surface area contributed by atoms with Crippen LogP contribution < -0.4 is 11.2 Å². The van der Waals surface area contributed by atoms with Gasteiger partial charge in [0.25, 0.3) is 5.56 Å². The number of hydrogen-bond donors (Lipinski definition) is 0. The van der Waals surface area contributed by atoms with Crippen molar-refractivity contribution in [2.45, 2.75) is 39.5 Å². The predicted octanol–water partition coefficient (Wildman–Crippen LogP) is 4.60. The predicted molar refractivity (Wildman–Crippen MR) is 120 cm³/mol. The normalized spacial score (nSPS) is 12.1. The van der Waals surface area contributed by atoms with E-state index >= 15 is 0 Å². The summed E-state index contributed by atoms with van der Waals surface area (Å²) in [6.45, 7) is 4.15. The fourth-order valence-corrected chi connectivity index (χ4v) is 3.73. The number of imidazole rings is 1. The second-order valence-corrected chi connectivity index (χ2v) is 8.48. The molecule has 0 aliphatic heterocycles. The first-order valence-electron chi connectivity index (χ1n) is 10.7. The fraction of sp³-hybridized carbons (Fsp3) is 0.292. The molecule has 0 saturated heterocycles. The van der Waals surface area contributed by atoms with E-state index in [1.165, 1.54) is 51.9 Å². The van der Waals surface area contributed by atoms with Gasteiger partial charge in [-0.2, -0.15) is 13.2 Å². The van der Waals surface area contributed by atoms with Crippen LogP contribution in [0.4, 0.5) is 17.6 Å². The van der Waals surface area contributed by atoms with Gasteiger partial charge in [-0.05, 0) is 48.2 Å². The van der Waals surface area contributed by atoms with Gasteiger partial charge in [-0.15, -0.1) is 0 Å². The maximum atomic E-state index is 13.9. The monoisotopic (exact) mass is 474 g/mol. The van der Waals surface area contributed by atoms with E-state index in [1.807, 2.05) is 13.8 Å². The summed E-state index contributed by atoms with van der Waals surface area (Å²) in [4.78, 5) is 30.9. The number of nitrogens with zero attached hydrogens (tertiary/aromatic N) is 4. The van der Waals surface area contributed by atoms with Crippen molar-refractivity contribution in [1.29, 1.82) is 0 Å². The van der Waals surface area contributed by atoms with Crippen LogP contribution >= 0.6 is 0 Å². The Morgan fingerprint density at radius 2 is 1.74 bits per heavy atom. The van der Waals surface area contributed by atoms with E-state index in [2.05, 4.69) is 4.98 Å². The average Bonchev–Trinajstić information content (AvgIpc) is 3.16. The zero-order valence-electron chi connectivity index (χ0n) is 18.5. The molecule has 2 heterocycles. The average molecular weight is 474 g/mol. The Balaban J connectivity index is 1.88. The van der Waals surface area contributed by atoms with E-state index in [0.717, 1.165) is 16.7 Å². The smallest absolute Gasteiger partial charge is 0.320 e. The van der Waals surface area contributed by atoms with E-state index in [9.17, 15) is 27.2 Å². The highest BCUT2D eigenvalue weighted by Crippen LogP contribution is 2.29. The lowest BCUT2D eigenvalue weighted by Gasteiger charge is -2.14. The minimum Gasteiger partial charge on any atom is -0.320 e. The molecule has 0 fully saturated rings. The number of benzene rings is 2. The van der Waals surface area contributed by atoms with Gasteiger partial charge in [-0.1, -0.05) is 32.0 Å². The second kappa shape index (κ2) is 8.92. The molecule has 10 heteroatoms. The van der Waals surface area contributed by atoms with Crippen LogP contribution in [0.15, 0.2) is 64.4 Å². The molecule has 0 atom stereocenters. The van der Waals surface area contributed by atoms with Crippen molar-refractivity contribution in [3.63, 3.8) is 0 Å². The second-order valence-electron chi connectivity index (χ2n) is 8.48. The summed E-state index contributed by atoms with van der Waals surface area (Å²) < 4.78 is 56.4. The molecule has 34 heavy (non-hydrogen) atoms. The summed E-state index contributed by atoms with van der Waals surface area (Å²) in [5.74, 6) is -0.330. The maximum Gasteiger partial charge on any atom is 0.416 e. The number of halogens is 4. The lowest BCUT2D eigenvalue weighted by atomic mass is 10.1. The van der Waals surface area contributed by atoms with Crippen LogP contribution in [-0.4, -0.2) is 18.7 Å². The molecule has 0 aliphatic carbocycles. The molecule has 178 valence electrons. The Bertz CT molecular complexity index is 1450. The molecule has 0 bridgehead atoms. The molecule has 6 nitrogen and oxygen atoms in total. The van der Waals surface area contributed by atoms with Gasteiger partial charge in [0, 0.05) is 13.1 Å². The van der Waals surface area contributed by atoms with Crippen LogP contribution in [0.5, 0.6) is 0 Å². The highest BCUT2D eigenvalue weighted by molar-refractivity contribution is 5.72. The molecule has 0 aliphatic rings. The van der Waals surface area contributed by atoms with Crippen LogP contribution in [0.25, 0.3) is 16.9 Å². The van der Waals surface area contributed by atoms with Gasteiger partial charge in [0.15, 0.2) is 11.2 Å². The van der Waals surface area contributed by atoms with Crippen LogP contribution in [0.1, 0.15) is 31.4 Å². The first-order valence-corrected chi connectivity index (χ1v) is 10.7. The molecule has 2 aromatic carbocycles. The number of fused-ring (bicyclic) bond motifs is 1. The van der Waals surface area contributed by atoms with E-state index in [1.54, 1.807) is 0 Å². The van der Waals surface area contributed by atoms with E-state index in [4.69, 9.17) is 0 Å². The maximum absolute atomic E-state index is 13.9. The third kappa shape index (κ3) is 4.52. The molecule has 0 spiro atoms. The van der Waals surface area contributed by atoms with Crippen LogP contribution in [0, 0.1) is 11.7 Å². The lowest BCUT2D eigenvalue weighted by Crippen LogP contribution is -2.40. The molecule has 0 unspecified atom stereocenters. The van der Waals surface area contributed by atoms with Gasteiger partial charge in [0.2, 0.25) is 0 Å². The summed E-state index contributed by atoms with van der Waals surface area (Å²) in [6, 6.07) is 10.00. The molecule has 2 aromatic heterocycles. The van der Waals surface area contributed by atoms with Gasteiger partial charge in [-0.3, -0.25) is 9.36 Å². The molecular formula is C24H22F4N4O2. The zero-order chi connectivity index (χ0) is 24.6. The van der Waals surface area contributed by atoms with Gasteiger partial charge < -0.3 is 4.57 Å². The number of hydrogen-bond acceptors (Lipinski definition) is 3. The van der Waals surface area contributed by atoms with Gasteiger partial charge in [0.05, 0.1) is 17.6 Å². The first kappa shape index (κ1) is 23.5. The third-order valence-corrected chi connectivity index (χ3v) is 5.53. The molecule has 0 amide bonds. The van der Waals surface area contributed by atoms with E-state index < -0.39 is 28.8 Å². The minimum atomic E-state index is -4.45. The number of alkyl halides is 3. The molecular weight excluding hydrogens is 452 g/mol. The molecule has 0 N–H and O–H groups in total. The van der Waals surface area contributed by atoms with Gasteiger partial charge in [-0.25, -0.2) is 18.7 Å². The van der Waals surface area contributed by atoms with Gasteiger partial charge >= 0.3 is 11.9 Å². The van der Waals surface area contributed by atoms with Crippen molar-refractivity contribution in [3.05, 3.63) is 92.6 Å². The Morgan fingerprint density at radius 3 is 2.35 bits per heavy atom. The molecule has 4 rings (SSSR count). The molecule has 4 aromatic rings. The Morgan fingerprint density at radius 1 is 1.03 bits per heavy atom. The summed E-state index contributed by atoms with van der Waals surface area (Å²) >= 11 is 0. The van der Waals surface area contributed by atoms with Crippen molar-refractivity contribution in [2.24, 2.45) is 5.92 Å². The van der Waals surface area contributed by atoms with Crippen molar-refractivity contribution < 1.29 is 17.6 Å². The van der Waals surface area contributed by atoms with Crippen molar-refractivity contribution >= 4 is 11.2 Å². The standard InChI is InChI=1S/C24H22F4N4O2/c1-15(2)10-11-31-22(33)20-21(32(23(31)34)19-5-3-4-18(25)12-19)29-14-30(20)13-16-6-8-17(9-7-16)24(26,27)28/h3-9,12,14-15H,10-11,13H2,1-2H3. The fourth-order valence-electron chi connectivity index (χ4n) is 3.73. The number of rotatable bonds is 6. The topological polar surface area (TPSA) is 61.8 Å². The minimum absolute atomic E-state index is 0.0494. The SMILES string of the molecule is CC(C)CCn1c(=O)c2c(ncn2Cc2ccc(C(F)(F)F)cc2)n(-c2cccc(F)c2)c1=O.